The summed E-state index contributed by atoms with van der Waals surface area (Å²) in [6.45, 7) is 4.61. The van der Waals surface area contributed by atoms with E-state index in [1.165, 1.54) is 173 Å². The highest BCUT2D eigenvalue weighted by molar-refractivity contribution is 7.45. The summed E-state index contributed by atoms with van der Waals surface area (Å²) in [6.07, 6.45) is 64.5. The number of nitrogens with one attached hydrogen (secondary N) is 1. The van der Waals surface area contributed by atoms with Gasteiger partial charge in [-0.05, 0) is 51.4 Å². The minimum atomic E-state index is -4.56. The molecule has 0 bridgehead atoms. The van der Waals surface area contributed by atoms with Crippen molar-refractivity contribution in [3.8, 4) is 0 Å². The van der Waals surface area contributed by atoms with E-state index < -0.39 is 20.0 Å². The van der Waals surface area contributed by atoms with Crippen LogP contribution in [-0.2, 0) is 18.4 Å². The molecule has 0 saturated carbocycles. The van der Waals surface area contributed by atoms with E-state index in [4.69, 9.17) is 9.05 Å². The van der Waals surface area contributed by atoms with E-state index in [0.29, 0.717) is 23.9 Å². The van der Waals surface area contributed by atoms with Crippen LogP contribution in [0.3, 0.4) is 0 Å². The standard InChI is InChI=1S/C58H111N2O6P/c1-6-8-10-12-14-16-18-19-20-21-22-23-24-25-26-27-28-29-30-31-32-33-34-35-36-37-38-39-40-41-42-44-46-48-50-52-58(62)59-56(55-66-67(63,64)65-54-53-60(3,4)5)57(61)51-49-47-45-43-17-15-13-11-9-7-2/h8,10,14,16,19-20,22-23,56-57,61H,6-7,9,11-13,15,17-18,21,24-55H2,1-5H3,(H-,59,62,63,64)/b10-8-,16-14-,20-19-,23-22-. The van der Waals surface area contributed by atoms with Crippen LogP contribution in [0.15, 0.2) is 48.6 Å². The lowest BCUT2D eigenvalue weighted by Gasteiger charge is -2.30. The molecule has 3 unspecified atom stereocenters. The van der Waals surface area contributed by atoms with E-state index in [1.807, 2.05) is 21.1 Å². The largest absolute Gasteiger partial charge is 0.756 e. The molecule has 0 spiro atoms. The van der Waals surface area contributed by atoms with Crippen molar-refractivity contribution in [2.75, 3.05) is 40.9 Å². The van der Waals surface area contributed by atoms with Crippen LogP contribution in [-0.4, -0.2) is 68.5 Å². The molecule has 0 aromatic heterocycles. The van der Waals surface area contributed by atoms with E-state index in [-0.39, 0.29) is 19.1 Å². The van der Waals surface area contributed by atoms with Crippen LogP contribution >= 0.6 is 7.82 Å². The van der Waals surface area contributed by atoms with E-state index in [1.54, 1.807) is 0 Å². The van der Waals surface area contributed by atoms with E-state index >= 15 is 0 Å². The summed E-state index contributed by atoms with van der Waals surface area (Å²) in [4.78, 5) is 25.4. The second kappa shape index (κ2) is 49.4. The number of amides is 1. The molecule has 0 rings (SSSR count). The topological polar surface area (TPSA) is 108 Å². The summed E-state index contributed by atoms with van der Waals surface area (Å²) in [5, 5.41) is 13.9. The summed E-state index contributed by atoms with van der Waals surface area (Å²) >= 11 is 0. The number of allylic oxidation sites excluding steroid dienone is 8. The molecular weight excluding hydrogens is 852 g/mol. The van der Waals surface area contributed by atoms with Crippen molar-refractivity contribution in [1.29, 1.82) is 0 Å². The molecule has 394 valence electrons. The number of nitrogens with zero attached hydrogens (tertiary/aromatic N) is 1. The van der Waals surface area contributed by atoms with Gasteiger partial charge in [0.25, 0.3) is 7.82 Å². The van der Waals surface area contributed by atoms with Crippen molar-refractivity contribution in [2.45, 2.75) is 276 Å². The Labute approximate surface area is 416 Å². The van der Waals surface area contributed by atoms with E-state index in [9.17, 15) is 19.4 Å². The number of carbonyl (C=O) groups excluding carboxylic acids is 1. The van der Waals surface area contributed by atoms with Crippen LogP contribution in [0.2, 0.25) is 0 Å². The molecule has 0 fully saturated rings. The second-order valence-corrected chi connectivity index (χ2v) is 22.0. The molecular formula is C58H111N2O6P. The number of rotatable bonds is 52. The number of carbonyl (C=O) groups is 1. The van der Waals surface area contributed by atoms with Crippen molar-refractivity contribution < 1.29 is 32.9 Å². The lowest BCUT2D eigenvalue weighted by Crippen LogP contribution is -2.46. The summed E-state index contributed by atoms with van der Waals surface area (Å²) in [5.41, 5.74) is 0. The maximum Gasteiger partial charge on any atom is 0.268 e. The number of phosphoric ester groups is 1. The Balaban J connectivity index is 3.88. The van der Waals surface area contributed by atoms with Crippen molar-refractivity contribution in [3.63, 3.8) is 0 Å². The van der Waals surface area contributed by atoms with Crippen molar-refractivity contribution >= 4 is 13.7 Å². The van der Waals surface area contributed by atoms with Gasteiger partial charge < -0.3 is 28.8 Å². The molecule has 0 aromatic carbocycles. The Hall–Kier alpha value is -1.54. The Bertz CT molecular complexity index is 1230. The third-order valence-corrected chi connectivity index (χ3v) is 13.8. The molecule has 0 aliphatic carbocycles. The molecule has 0 aliphatic heterocycles. The quantitative estimate of drug-likeness (QED) is 0.0272. The molecule has 9 heteroatoms. The van der Waals surface area contributed by atoms with Gasteiger partial charge in [0.15, 0.2) is 0 Å². The molecule has 0 aliphatic rings. The van der Waals surface area contributed by atoms with Gasteiger partial charge in [0.05, 0.1) is 39.9 Å². The Morgan fingerprint density at radius 2 is 0.910 bits per heavy atom. The second-order valence-electron chi connectivity index (χ2n) is 20.6. The Kier molecular flexibility index (Phi) is 48.3. The highest BCUT2D eigenvalue weighted by Gasteiger charge is 2.24. The van der Waals surface area contributed by atoms with Crippen LogP contribution in [0.5, 0.6) is 0 Å². The zero-order valence-corrected chi connectivity index (χ0v) is 45.7. The fraction of sp³-hybridized carbons (Fsp3) is 0.845. The van der Waals surface area contributed by atoms with Crippen LogP contribution in [0.25, 0.3) is 0 Å². The third-order valence-electron chi connectivity index (χ3n) is 12.8. The van der Waals surface area contributed by atoms with E-state index in [2.05, 4.69) is 67.8 Å². The fourth-order valence-corrected chi connectivity index (χ4v) is 9.11. The summed E-state index contributed by atoms with van der Waals surface area (Å²) in [5.74, 6) is -0.163. The molecule has 0 heterocycles. The number of hydrogen-bond acceptors (Lipinski definition) is 6. The third kappa shape index (κ3) is 52.1. The molecule has 8 nitrogen and oxygen atoms in total. The number of unbranched alkanes of at least 4 members (excludes halogenated alkanes) is 31. The predicted molar refractivity (Wildman–Crippen MR) is 288 cm³/mol. The normalized spacial score (nSPS) is 14.3. The Morgan fingerprint density at radius 1 is 0.537 bits per heavy atom. The molecule has 1 amide bonds. The molecule has 0 radical (unpaired) electrons. The first-order chi connectivity index (χ1) is 32.5. The average molecular weight is 964 g/mol. The molecule has 0 aromatic rings. The van der Waals surface area contributed by atoms with Crippen molar-refractivity contribution in [2.24, 2.45) is 0 Å². The SMILES string of the molecule is CC/C=C\C/C=C\C/C=C\C/C=C\CCCCCCCCCCCCCCCCCCCCCCCCC(=O)NC(COP(=O)([O-])OCC[N+](C)(C)C)C(O)CCCCCCCCCCCC. The maximum absolute atomic E-state index is 12.9. The number of quaternary nitrogens is 1. The van der Waals surface area contributed by atoms with Gasteiger partial charge in [-0.25, -0.2) is 0 Å². The smallest absolute Gasteiger partial charge is 0.268 e. The summed E-state index contributed by atoms with van der Waals surface area (Å²) < 4.78 is 23.3. The van der Waals surface area contributed by atoms with Crippen LogP contribution in [0, 0.1) is 0 Å². The van der Waals surface area contributed by atoms with Gasteiger partial charge in [0, 0.05) is 6.42 Å². The fourth-order valence-electron chi connectivity index (χ4n) is 8.39. The predicted octanol–water partition coefficient (Wildman–Crippen LogP) is 16.5. The number of hydrogen-bond donors (Lipinski definition) is 2. The maximum atomic E-state index is 12.9. The van der Waals surface area contributed by atoms with Gasteiger partial charge in [0.2, 0.25) is 5.91 Å². The first-order valence-corrected chi connectivity index (χ1v) is 29.9. The summed E-state index contributed by atoms with van der Waals surface area (Å²) in [6, 6.07) is -0.797. The van der Waals surface area contributed by atoms with Gasteiger partial charge in [0.1, 0.15) is 13.2 Å². The van der Waals surface area contributed by atoms with E-state index in [0.717, 1.165) is 64.2 Å². The first-order valence-electron chi connectivity index (χ1n) is 28.5. The lowest BCUT2D eigenvalue weighted by molar-refractivity contribution is -0.870. The lowest BCUT2D eigenvalue weighted by atomic mass is 10.0. The number of aliphatic hydroxyl groups is 1. The van der Waals surface area contributed by atoms with Crippen LogP contribution < -0.4 is 10.2 Å². The number of likely N-dealkylation sites (N-methyl/N-ethyl adjacent to an activating group) is 1. The number of aliphatic hydroxyl groups excluding tert-OH is 1. The molecule has 3 atom stereocenters. The minimum Gasteiger partial charge on any atom is -0.756 e. The first kappa shape index (κ1) is 65.5. The van der Waals surface area contributed by atoms with Gasteiger partial charge >= 0.3 is 0 Å². The minimum absolute atomic E-state index is 0.0132. The van der Waals surface area contributed by atoms with Crippen molar-refractivity contribution in [3.05, 3.63) is 48.6 Å². The van der Waals surface area contributed by atoms with Gasteiger partial charge in [-0.2, -0.15) is 0 Å². The monoisotopic (exact) mass is 963 g/mol. The number of phosphoric acid groups is 1. The van der Waals surface area contributed by atoms with Gasteiger partial charge in [-0.3, -0.25) is 9.36 Å². The zero-order valence-electron chi connectivity index (χ0n) is 44.9. The summed E-state index contributed by atoms with van der Waals surface area (Å²) in [7, 11) is 1.31. The van der Waals surface area contributed by atoms with Crippen molar-refractivity contribution in [1.82, 2.24) is 5.32 Å². The molecule has 0 saturated heterocycles. The van der Waals surface area contributed by atoms with Gasteiger partial charge in [-0.1, -0.05) is 255 Å². The highest BCUT2D eigenvalue weighted by atomic mass is 31.2. The highest BCUT2D eigenvalue weighted by Crippen LogP contribution is 2.38. The zero-order chi connectivity index (χ0) is 49.2. The average Bonchev–Trinajstić information content (AvgIpc) is 3.29. The molecule has 2 N–H and O–H groups in total. The Morgan fingerprint density at radius 3 is 1.33 bits per heavy atom. The van der Waals surface area contributed by atoms with Crippen LogP contribution in [0.1, 0.15) is 264 Å². The van der Waals surface area contributed by atoms with Gasteiger partial charge in [-0.15, -0.1) is 0 Å². The molecule has 67 heavy (non-hydrogen) atoms. The van der Waals surface area contributed by atoms with Crippen LogP contribution in [0.4, 0.5) is 0 Å².